The molecule has 0 atom stereocenters. The van der Waals surface area contributed by atoms with Crippen molar-refractivity contribution >= 4 is 11.5 Å². The summed E-state index contributed by atoms with van der Waals surface area (Å²) in [5.74, 6) is 1.11. The van der Waals surface area contributed by atoms with Crippen LogP contribution in [0.1, 0.15) is 72.4 Å². The summed E-state index contributed by atoms with van der Waals surface area (Å²) in [6, 6.07) is 15.6. The van der Waals surface area contributed by atoms with Crippen molar-refractivity contribution in [2.24, 2.45) is 5.16 Å². The molecule has 0 radical (unpaired) electrons. The van der Waals surface area contributed by atoms with Crippen molar-refractivity contribution < 1.29 is 10.0 Å². The molecule has 0 unspecified atom stereocenters. The second-order valence-electron chi connectivity index (χ2n) is 7.74. The molecule has 1 N–H and O–H groups in total. The Kier molecular flexibility index (Phi) is 5.05. The topological polar surface area (TPSA) is 67.5 Å². The van der Waals surface area contributed by atoms with Crippen LogP contribution in [-0.4, -0.2) is 26.3 Å². The maximum absolute atomic E-state index is 13.3. The molecule has 0 aliphatic heterocycles. The van der Waals surface area contributed by atoms with Gasteiger partial charge in [0.2, 0.25) is 5.78 Å². The molecule has 0 bridgehead atoms. The van der Waals surface area contributed by atoms with Gasteiger partial charge in [-0.05, 0) is 17.9 Å². The third-order valence-corrected chi connectivity index (χ3v) is 5.50. The number of nitrogens with zero attached hydrogens (tertiary/aromatic N) is 3. The van der Waals surface area contributed by atoms with Crippen molar-refractivity contribution in [3.63, 3.8) is 0 Å². The highest BCUT2D eigenvalue weighted by Gasteiger charge is 2.34. The Morgan fingerprint density at radius 3 is 2.38 bits per heavy atom. The van der Waals surface area contributed by atoms with E-state index < -0.39 is 0 Å². The number of benzene rings is 2. The summed E-state index contributed by atoms with van der Waals surface area (Å²) < 4.78 is 1.99. The van der Waals surface area contributed by atoms with Gasteiger partial charge >= 0.3 is 0 Å². The number of oxime groups is 1. The van der Waals surface area contributed by atoms with E-state index in [9.17, 15) is 10.0 Å². The van der Waals surface area contributed by atoms with Crippen molar-refractivity contribution in [2.45, 2.75) is 46.1 Å². The van der Waals surface area contributed by atoms with E-state index in [1.54, 1.807) is 12.1 Å². The van der Waals surface area contributed by atoms with E-state index in [0.717, 1.165) is 24.2 Å². The lowest BCUT2D eigenvalue weighted by Gasteiger charge is -2.18. The van der Waals surface area contributed by atoms with Gasteiger partial charge in [-0.2, -0.15) is 0 Å². The van der Waals surface area contributed by atoms with E-state index in [4.69, 9.17) is 4.98 Å². The fourth-order valence-corrected chi connectivity index (χ4v) is 3.86. The summed E-state index contributed by atoms with van der Waals surface area (Å²) in [6.45, 7) is 7.14. The van der Waals surface area contributed by atoms with Crippen molar-refractivity contribution in [3.05, 3.63) is 76.6 Å². The van der Waals surface area contributed by atoms with Gasteiger partial charge < -0.3 is 9.77 Å². The van der Waals surface area contributed by atoms with E-state index in [-0.39, 0.29) is 5.78 Å². The van der Waals surface area contributed by atoms with Crippen LogP contribution >= 0.6 is 0 Å². The van der Waals surface area contributed by atoms with E-state index in [1.165, 1.54) is 5.56 Å². The van der Waals surface area contributed by atoms with Crippen LogP contribution in [0.25, 0.3) is 11.4 Å². The Hall–Kier alpha value is -3.21. The molecule has 29 heavy (non-hydrogen) atoms. The van der Waals surface area contributed by atoms with Crippen LogP contribution in [0.3, 0.4) is 0 Å². The van der Waals surface area contributed by atoms with Crippen LogP contribution in [0.5, 0.6) is 0 Å². The zero-order chi connectivity index (χ0) is 20.5. The average molecular weight is 387 g/mol. The van der Waals surface area contributed by atoms with Gasteiger partial charge in [-0.25, -0.2) is 4.98 Å². The molecular weight excluding hydrogens is 362 g/mol. The molecule has 5 heteroatoms. The summed E-state index contributed by atoms with van der Waals surface area (Å²) in [5.41, 5.74) is 4.69. The lowest BCUT2D eigenvalue weighted by Crippen LogP contribution is -2.24. The van der Waals surface area contributed by atoms with Crippen LogP contribution in [0, 0.1) is 0 Å². The number of carbonyl (C=O) groups excluding carboxylic acids is 1. The quantitative estimate of drug-likeness (QED) is 0.376. The van der Waals surface area contributed by atoms with Gasteiger partial charge in [-0.15, -0.1) is 0 Å². The van der Waals surface area contributed by atoms with Crippen LogP contribution < -0.4 is 0 Å². The molecule has 2 aromatic carbocycles. The highest BCUT2D eigenvalue weighted by atomic mass is 16.4. The summed E-state index contributed by atoms with van der Waals surface area (Å²) >= 11 is 0. The highest BCUT2D eigenvalue weighted by molar-refractivity contribution is 6.29. The van der Waals surface area contributed by atoms with E-state index >= 15 is 0 Å². The van der Waals surface area contributed by atoms with Gasteiger partial charge in [0.1, 0.15) is 22.9 Å². The number of imidazole rings is 1. The summed E-state index contributed by atoms with van der Waals surface area (Å²) in [7, 11) is 0. The molecular formula is C24H25N3O2. The molecule has 4 rings (SSSR count). The van der Waals surface area contributed by atoms with E-state index in [2.05, 4.69) is 50.2 Å². The van der Waals surface area contributed by atoms with Gasteiger partial charge in [-0.1, -0.05) is 80.9 Å². The third-order valence-electron chi connectivity index (χ3n) is 5.50. The second-order valence-corrected chi connectivity index (χ2v) is 7.74. The summed E-state index contributed by atoms with van der Waals surface area (Å²) in [4.78, 5) is 18.1. The van der Waals surface area contributed by atoms with Gasteiger partial charge in [0.25, 0.3) is 0 Å². The number of rotatable bonds is 5. The van der Waals surface area contributed by atoms with E-state index in [0.29, 0.717) is 40.7 Å². The Bertz CT molecular complexity index is 1090. The van der Waals surface area contributed by atoms with Crippen molar-refractivity contribution in [1.29, 1.82) is 0 Å². The second kappa shape index (κ2) is 7.66. The maximum Gasteiger partial charge on any atom is 0.212 e. The molecule has 3 aromatic rings. The Labute approximate surface area is 170 Å². The predicted molar refractivity (Wildman–Crippen MR) is 114 cm³/mol. The number of fused-ring (bicyclic) bond motifs is 2. The van der Waals surface area contributed by atoms with Gasteiger partial charge in [0.05, 0.1) is 0 Å². The van der Waals surface area contributed by atoms with Crippen LogP contribution in [0.15, 0.2) is 53.7 Å². The molecule has 1 heterocycles. The number of hydrogen-bond acceptors (Lipinski definition) is 4. The first kappa shape index (κ1) is 19.1. The van der Waals surface area contributed by atoms with Crippen LogP contribution in [0.4, 0.5) is 0 Å². The van der Waals surface area contributed by atoms with Gasteiger partial charge in [0, 0.05) is 23.2 Å². The molecule has 1 aliphatic rings. The molecule has 0 fully saturated rings. The minimum atomic E-state index is -0.0725. The maximum atomic E-state index is 13.3. The number of aromatic nitrogens is 2. The fourth-order valence-electron chi connectivity index (χ4n) is 3.86. The average Bonchev–Trinajstić information content (AvgIpc) is 3.12. The molecule has 0 saturated carbocycles. The first-order valence-electron chi connectivity index (χ1n) is 10.1. The van der Waals surface area contributed by atoms with Crippen LogP contribution in [-0.2, 0) is 6.54 Å². The lowest BCUT2D eigenvalue weighted by molar-refractivity contribution is 0.102. The number of ketones is 1. The van der Waals surface area contributed by atoms with Gasteiger partial charge in [0.15, 0.2) is 0 Å². The molecule has 1 aromatic heterocycles. The number of unbranched alkanes of at least 4 members (excludes halogenated alkanes) is 1. The molecule has 0 saturated heterocycles. The number of carbonyl (C=O) groups is 1. The monoisotopic (exact) mass is 387 g/mol. The fraction of sp³-hybridized carbons (Fsp3) is 0.292. The third kappa shape index (κ3) is 3.16. The number of hydrogen-bond donors (Lipinski definition) is 1. The summed E-state index contributed by atoms with van der Waals surface area (Å²) in [6.07, 6.45) is 1.94. The first-order chi connectivity index (χ1) is 14.1. The SMILES string of the molecule is CCCCn1c(-c2ccc(C(C)C)cc2)nc2c1C(=O)c1ccccc1C2=NO. The van der Waals surface area contributed by atoms with Crippen molar-refractivity contribution in [2.75, 3.05) is 0 Å². The first-order valence-corrected chi connectivity index (χ1v) is 10.1. The minimum Gasteiger partial charge on any atom is -0.410 e. The predicted octanol–water partition coefficient (Wildman–Crippen LogP) is 5.24. The molecule has 0 spiro atoms. The highest BCUT2D eigenvalue weighted by Crippen LogP contribution is 2.32. The normalized spacial score (nSPS) is 14.3. The smallest absolute Gasteiger partial charge is 0.212 e. The Morgan fingerprint density at radius 1 is 1.07 bits per heavy atom. The summed E-state index contributed by atoms with van der Waals surface area (Å²) in [5, 5.41) is 13.3. The van der Waals surface area contributed by atoms with Crippen molar-refractivity contribution in [3.8, 4) is 11.4 Å². The van der Waals surface area contributed by atoms with Crippen LogP contribution in [0.2, 0.25) is 0 Å². The largest absolute Gasteiger partial charge is 0.410 e. The Balaban J connectivity index is 1.92. The van der Waals surface area contributed by atoms with Gasteiger partial charge in [-0.3, -0.25) is 4.79 Å². The molecule has 5 nitrogen and oxygen atoms in total. The zero-order valence-corrected chi connectivity index (χ0v) is 17.0. The minimum absolute atomic E-state index is 0.0725. The van der Waals surface area contributed by atoms with Crippen molar-refractivity contribution in [1.82, 2.24) is 9.55 Å². The molecule has 148 valence electrons. The molecule has 1 aliphatic carbocycles. The van der Waals surface area contributed by atoms with E-state index in [1.807, 2.05) is 16.7 Å². The Morgan fingerprint density at radius 2 is 1.76 bits per heavy atom. The molecule has 0 amide bonds. The zero-order valence-electron chi connectivity index (χ0n) is 17.0. The lowest BCUT2D eigenvalue weighted by atomic mass is 9.89. The standard InChI is InChI=1S/C24H25N3O2/c1-4-5-14-27-22-21(20(26-29)18-8-6-7-9-19(18)23(22)28)25-24(27)17-12-10-16(11-13-17)15(2)3/h6-13,15,29H,4-5,14H2,1-3H3.